The van der Waals surface area contributed by atoms with Gasteiger partial charge in [0.25, 0.3) is 5.79 Å². The van der Waals surface area contributed by atoms with Crippen LogP contribution >= 0.6 is 0 Å². The minimum Gasteiger partial charge on any atom is -0.342 e. The lowest BCUT2D eigenvalue weighted by Gasteiger charge is -2.20. The van der Waals surface area contributed by atoms with Gasteiger partial charge in [0.05, 0.1) is 6.61 Å². The normalized spacial score (nSPS) is 13.4. The third-order valence-electron chi connectivity index (χ3n) is 1.45. The molecule has 74 valence electrons. The molecule has 0 amide bonds. The molecular formula is C8H12O5. The maximum atomic E-state index is 10.4. The van der Waals surface area contributed by atoms with Crippen molar-refractivity contribution < 1.29 is 23.9 Å². The molecule has 0 N–H and O–H groups in total. The molecule has 0 spiro atoms. The maximum absolute atomic E-state index is 10.4. The van der Waals surface area contributed by atoms with Gasteiger partial charge in [-0.3, -0.25) is 9.59 Å². The summed E-state index contributed by atoms with van der Waals surface area (Å²) >= 11 is 0. The molecule has 0 saturated carbocycles. The van der Waals surface area contributed by atoms with Crippen LogP contribution in [0, 0.1) is 5.92 Å². The number of hydrogen-bond acceptors (Lipinski definition) is 5. The molecular weight excluding hydrogens is 176 g/mol. The summed E-state index contributed by atoms with van der Waals surface area (Å²) in [5, 5.41) is 0. The Morgan fingerprint density at radius 3 is 2.15 bits per heavy atom. The Morgan fingerprint density at radius 1 is 1.31 bits per heavy atom. The van der Waals surface area contributed by atoms with Gasteiger partial charge in [0.1, 0.15) is 6.29 Å². The van der Waals surface area contributed by atoms with Crippen molar-refractivity contribution in [3.63, 3.8) is 0 Å². The van der Waals surface area contributed by atoms with Gasteiger partial charge < -0.3 is 14.3 Å². The standard InChI is InChI=1S/C8H12O5/c1-7(3-9)4-13-8(5-10,6-11)12-2/h3,5-7H,4H2,1-2H3/t7-/m0/s1. The first-order chi connectivity index (χ1) is 6.14. The van der Waals surface area contributed by atoms with Crippen LogP contribution in [-0.2, 0) is 23.9 Å². The van der Waals surface area contributed by atoms with Gasteiger partial charge in [-0.15, -0.1) is 0 Å². The molecule has 0 aromatic rings. The quantitative estimate of drug-likeness (QED) is 0.308. The number of carbonyl (C=O) groups is 3. The summed E-state index contributed by atoms with van der Waals surface area (Å²) in [6.45, 7) is 1.57. The molecule has 0 aliphatic rings. The Hall–Kier alpha value is -1.07. The highest BCUT2D eigenvalue weighted by molar-refractivity contribution is 5.85. The lowest BCUT2D eigenvalue weighted by Crippen LogP contribution is -2.39. The first-order valence-corrected chi connectivity index (χ1v) is 3.71. The van der Waals surface area contributed by atoms with Crippen LogP contribution < -0.4 is 0 Å². The number of aldehydes is 3. The molecule has 5 heteroatoms. The SMILES string of the molecule is COC(C=O)(C=O)OC[C@@H](C)C=O. The van der Waals surface area contributed by atoms with Gasteiger partial charge >= 0.3 is 0 Å². The van der Waals surface area contributed by atoms with E-state index in [2.05, 4.69) is 4.74 Å². The van der Waals surface area contributed by atoms with Crippen LogP contribution in [0.15, 0.2) is 0 Å². The van der Waals surface area contributed by atoms with Crippen molar-refractivity contribution in [2.75, 3.05) is 13.7 Å². The molecule has 0 aromatic carbocycles. The van der Waals surface area contributed by atoms with E-state index in [1.807, 2.05) is 0 Å². The van der Waals surface area contributed by atoms with E-state index in [1.165, 1.54) is 7.11 Å². The Morgan fingerprint density at radius 2 is 1.85 bits per heavy atom. The summed E-state index contributed by atoms with van der Waals surface area (Å²) in [6, 6.07) is 0. The molecule has 0 saturated heterocycles. The maximum Gasteiger partial charge on any atom is 0.284 e. The first kappa shape index (κ1) is 11.9. The van der Waals surface area contributed by atoms with Crippen molar-refractivity contribution in [3.8, 4) is 0 Å². The Bertz CT molecular complexity index is 181. The van der Waals surface area contributed by atoms with Crippen molar-refractivity contribution in [1.82, 2.24) is 0 Å². The minimum absolute atomic E-state index is 0.0329. The highest BCUT2D eigenvalue weighted by Crippen LogP contribution is 2.07. The Balaban J connectivity index is 4.17. The predicted octanol–water partition coefficient (Wildman–Crippen LogP) is -0.422. The van der Waals surface area contributed by atoms with Crippen molar-refractivity contribution >= 4 is 18.9 Å². The number of ether oxygens (including phenoxy) is 2. The fourth-order valence-electron chi connectivity index (χ4n) is 0.552. The van der Waals surface area contributed by atoms with Crippen molar-refractivity contribution in [3.05, 3.63) is 0 Å². The molecule has 0 fully saturated rings. The summed E-state index contributed by atoms with van der Waals surface area (Å²) in [6.07, 6.45) is 1.16. The zero-order chi connectivity index (χ0) is 10.3. The number of hydrogen-bond donors (Lipinski definition) is 0. The fraction of sp³-hybridized carbons (Fsp3) is 0.625. The van der Waals surface area contributed by atoms with Crippen LogP contribution in [0.5, 0.6) is 0 Å². The molecule has 0 radical (unpaired) electrons. The van der Waals surface area contributed by atoms with E-state index >= 15 is 0 Å². The molecule has 0 rings (SSSR count). The van der Waals surface area contributed by atoms with Gasteiger partial charge in [0.2, 0.25) is 0 Å². The third-order valence-corrected chi connectivity index (χ3v) is 1.45. The largest absolute Gasteiger partial charge is 0.342 e. The van der Waals surface area contributed by atoms with Gasteiger partial charge in [-0.2, -0.15) is 0 Å². The molecule has 5 nitrogen and oxygen atoms in total. The van der Waals surface area contributed by atoms with Gasteiger partial charge in [0.15, 0.2) is 12.6 Å². The molecule has 0 bridgehead atoms. The second kappa shape index (κ2) is 5.55. The van der Waals surface area contributed by atoms with Crippen LogP contribution in [0.3, 0.4) is 0 Å². The van der Waals surface area contributed by atoms with Crippen LogP contribution in [0.4, 0.5) is 0 Å². The third kappa shape index (κ3) is 3.43. The topological polar surface area (TPSA) is 69.7 Å². The van der Waals surface area contributed by atoms with Gasteiger partial charge in [-0.05, 0) is 0 Å². The van der Waals surface area contributed by atoms with Crippen LogP contribution in [0.1, 0.15) is 6.92 Å². The minimum atomic E-state index is -1.86. The van der Waals surface area contributed by atoms with E-state index < -0.39 is 5.79 Å². The van der Waals surface area contributed by atoms with Gasteiger partial charge in [-0.25, -0.2) is 0 Å². The average Bonchev–Trinajstić information content (AvgIpc) is 2.20. The van der Waals surface area contributed by atoms with E-state index in [1.54, 1.807) is 6.92 Å². The molecule has 0 aliphatic heterocycles. The number of methoxy groups -OCH3 is 1. The molecule has 0 heterocycles. The Labute approximate surface area is 76.0 Å². The van der Waals surface area contributed by atoms with Gasteiger partial charge in [-0.1, -0.05) is 6.92 Å². The summed E-state index contributed by atoms with van der Waals surface area (Å²) in [4.78, 5) is 31.0. The second-order valence-electron chi connectivity index (χ2n) is 2.59. The van der Waals surface area contributed by atoms with E-state index in [0.29, 0.717) is 6.29 Å². The van der Waals surface area contributed by atoms with E-state index in [0.717, 1.165) is 0 Å². The average molecular weight is 188 g/mol. The zero-order valence-electron chi connectivity index (χ0n) is 7.56. The molecule has 13 heavy (non-hydrogen) atoms. The summed E-state index contributed by atoms with van der Waals surface area (Å²) < 4.78 is 9.40. The number of carbonyl (C=O) groups excluding carboxylic acids is 3. The van der Waals surface area contributed by atoms with E-state index in [9.17, 15) is 14.4 Å². The summed E-state index contributed by atoms with van der Waals surface area (Å²) in [5.74, 6) is -2.24. The first-order valence-electron chi connectivity index (χ1n) is 3.71. The van der Waals surface area contributed by atoms with Crippen LogP contribution in [0.25, 0.3) is 0 Å². The van der Waals surface area contributed by atoms with Crippen LogP contribution in [0.2, 0.25) is 0 Å². The highest BCUT2D eigenvalue weighted by Gasteiger charge is 2.30. The van der Waals surface area contributed by atoms with E-state index in [4.69, 9.17) is 4.74 Å². The highest BCUT2D eigenvalue weighted by atomic mass is 16.7. The molecule has 0 aliphatic carbocycles. The predicted molar refractivity (Wildman–Crippen MR) is 43.0 cm³/mol. The monoisotopic (exact) mass is 188 g/mol. The zero-order valence-corrected chi connectivity index (χ0v) is 7.56. The summed E-state index contributed by atoms with van der Waals surface area (Å²) in [7, 11) is 1.17. The van der Waals surface area contributed by atoms with Crippen LogP contribution in [-0.4, -0.2) is 38.4 Å². The van der Waals surface area contributed by atoms with Crippen molar-refractivity contribution in [1.29, 1.82) is 0 Å². The second-order valence-corrected chi connectivity index (χ2v) is 2.59. The van der Waals surface area contributed by atoms with Crippen molar-refractivity contribution in [2.45, 2.75) is 12.7 Å². The molecule has 1 atom stereocenters. The number of rotatable bonds is 7. The van der Waals surface area contributed by atoms with Crippen molar-refractivity contribution in [2.24, 2.45) is 5.92 Å². The van der Waals surface area contributed by atoms with Gasteiger partial charge in [0, 0.05) is 13.0 Å². The molecule has 0 unspecified atom stereocenters. The smallest absolute Gasteiger partial charge is 0.284 e. The lowest BCUT2D eigenvalue weighted by atomic mass is 10.2. The lowest BCUT2D eigenvalue weighted by molar-refractivity contribution is -0.201. The molecule has 0 aromatic heterocycles. The summed E-state index contributed by atoms with van der Waals surface area (Å²) in [5.41, 5.74) is 0. The Kier molecular flexibility index (Phi) is 5.10. The fourth-order valence-corrected chi connectivity index (χ4v) is 0.552. The van der Waals surface area contributed by atoms with E-state index in [-0.39, 0.29) is 25.1 Å².